The summed E-state index contributed by atoms with van der Waals surface area (Å²) in [7, 11) is 0. The van der Waals surface area contributed by atoms with E-state index in [2.05, 4.69) is 16.4 Å². The minimum atomic E-state index is 0.346. The Morgan fingerprint density at radius 2 is 1.67 bits per heavy atom. The Hall–Kier alpha value is -3.65. The fourth-order valence-corrected chi connectivity index (χ4v) is 2.32. The average Bonchev–Trinajstić information content (AvgIpc) is 2.64. The molecule has 116 valence electrons. The quantitative estimate of drug-likeness (QED) is 0.505. The minimum absolute atomic E-state index is 0.346. The summed E-state index contributed by atoms with van der Waals surface area (Å²) in [4.78, 5) is 3.97. The fourth-order valence-electron chi connectivity index (χ4n) is 2.32. The zero-order chi connectivity index (χ0) is 16.9. The van der Waals surface area contributed by atoms with E-state index in [1.54, 1.807) is 42.7 Å². The van der Waals surface area contributed by atoms with Crippen molar-refractivity contribution in [3.8, 4) is 6.07 Å². The van der Waals surface area contributed by atoms with Crippen molar-refractivity contribution in [2.75, 3.05) is 11.1 Å². The molecule has 0 saturated heterocycles. The first-order valence-corrected chi connectivity index (χ1v) is 7.33. The second-order valence-corrected chi connectivity index (χ2v) is 5.23. The number of anilines is 3. The summed E-state index contributed by atoms with van der Waals surface area (Å²) in [6.45, 7) is 0. The number of nitrogens with zero attached hydrogens (tertiary/aromatic N) is 2. The maximum absolute atomic E-state index is 8.84. The molecule has 0 amide bonds. The maximum atomic E-state index is 8.84. The van der Waals surface area contributed by atoms with E-state index in [9.17, 15) is 0 Å². The van der Waals surface area contributed by atoms with Gasteiger partial charge in [0.1, 0.15) is 0 Å². The third kappa shape index (κ3) is 3.23. The summed E-state index contributed by atoms with van der Waals surface area (Å²) in [6, 6.07) is 18.3. The van der Waals surface area contributed by atoms with Gasteiger partial charge in [-0.25, -0.2) is 0 Å². The van der Waals surface area contributed by atoms with Crippen LogP contribution in [0.2, 0.25) is 0 Å². The summed E-state index contributed by atoms with van der Waals surface area (Å²) in [6.07, 6.45) is 3.30. The van der Waals surface area contributed by atoms with Crippen molar-refractivity contribution < 1.29 is 0 Å². The molecule has 0 atom stereocenters. The molecule has 5 nitrogen and oxygen atoms in total. The highest BCUT2D eigenvalue weighted by Gasteiger charge is 2.09. The van der Waals surface area contributed by atoms with Gasteiger partial charge in [0.15, 0.2) is 0 Å². The van der Waals surface area contributed by atoms with Gasteiger partial charge in [-0.1, -0.05) is 0 Å². The molecule has 24 heavy (non-hydrogen) atoms. The van der Waals surface area contributed by atoms with Crippen molar-refractivity contribution in [1.82, 2.24) is 4.98 Å². The van der Waals surface area contributed by atoms with Gasteiger partial charge >= 0.3 is 0 Å². The molecule has 0 aliphatic carbocycles. The first-order chi connectivity index (χ1) is 11.7. The second-order valence-electron chi connectivity index (χ2n) is 5.23. The van der Waals surface area contributed by atoms with Gasteiger partial charge < -0.3 is 11.1 Å². The van der Waals surface area contributed by atoms with E-state index >= 15 is 0 Å². The van der Waals surface area contributed by atoms with Crippen LogP contribution in [0.15, 0.2) is 67.0 Å². The Morgan fingerprint density at radius 1 is 1.00 bits per heavy atom. The number of nitriles is 1. The van der Waals surface area contributed by atoms with Crippen LogP contribution >= 0.6 is 0 Å². The number of nitrogens with one attached hydrogen (secondary N) is 2. The number of aromatic nitrogens is 1. The third-order valence-electron chi connectivity index (χ3n) is 3.59. The molecule has 3 aromatic rings. The number of nitrogen functional groups attached to an aromatic ring is 1. The van der Waals surface area contributed by atoms with E-state index in [4.69, 9.17) is 16.4 Å². The number of hydrogen-bond donors (Lipinski definition) is 3. The van der Waals surface area contributed by atoms with Crippen molar-refractivity contribution >= 4 is 22.8 Å². The van der Waals surface area contributed by atoms with Crippen molar-refractivity contribution in [3.63, 3.8) is 0 Å². The van der Waals surface area contributed by atoms with Crippen LogP contribution in [0.25, 0.3) is 0 Å². The second kappa shape index (κ2) is 6.63. The molecule has 5 heteroatoms. The van der Waals surface area contributed by atoms with Crippen molar-refractivity contribution in [2.24, 2.45) is 0 Å². The number of nitrogens with two attached hydrogens (primary N) is 1. The normalized spacial score (nSPS) is 9.96. The molecular weight excluding hydrogens is 298 g/mol. The van der Waals surface area contributed by atoms with Crippen LogP contribution in [-0.4, -0.2) is 10.7 Å². The molecule has 2 aromatic carbocycles. The monoisotopic (exact) mass is 313 g/mol. The van der Waals surface area contributed by atoms with E-state index in [1.807, 2.05) is 24.3 Å². The molecule has 0 radical (unpaired) electrons. The van der Waals surface area contributed by atoms with Gasteiger partial charge in [-0.3, -0.25) is 10.4 Å². The molecule has 0 aliphatic heterocycles. The highest BCUT2D eigenvalue weighted by molar-refractivity contribution is 6.14. The van der Waals surface area contributed by atoms with Crippen LogP contribution in [0.5, 0.6) is 0 Å². The summed E-state index contributed by atoms with van der Waals surface area (Å²) < 4.78 is 0. The minimum Gasteiger partial charge on any atom is -0.398 e. The van der Waals surface area contributed by atoms with Gasteiger partial charge in [-0.2, -0.15) is 5.26 Å². The molecule has 0 spiro atoms. The zero-order valence-corrected chi connectivity index (χ0v) is 12.8. The summed E-state index contributed by atoms with van der Waals surface area (Å²) in [5.41, 5.74) is 10.6. The first-order valence-electron chi connectivity index (χ1n) is 7.33. The third-order valence-corrected chi connectivity index (χ3v) is 3.59. The summed E-state index contributed by atoms with van der Waals surface area (Å²) in [5, 5.41) is 20.5. The number of benzene rings is 2. The summed E-state index contributed by atoms with van der Waals surface area (Å²) >= 11 is 0. The summed E-state index contributed by atoms with van der Waals surface area (Å²) in [5.74, 6) is 0. The molecule has 0 saturated carbocycles. The molecule has 4 N–H and O–H groups in total. The van der Waals surface area contributed by atoms with Gasteiger partial charge in [0.05, 0.1) is 17.3 Å². The van der Waals surface area contributed by atoms with Gasteiger partial charge in [0.2, 0.25) is 0 Å². The van der Waals surface area contributed by atoms with Crippen LogP contribution in [0.1, 0.15) is 16.7 Å². The van der Waals surface area contributed by atoms with Gasteiger partial charge in [-0.05, 0) is 54.6 Å². The van der Waals surface area contributed by atoms with Crippen LogP contribution in [0.3, 0.4) is 0 Å². The standard InChI is InChI=1S/C19H15N5/c20-12-13-1-3-15(4-2-13)24-16-5-6-18(21)17(11-16)19(22)14-7-9-23-10-8-14/h1-11,22,24H,21H2. The molecule has 0 aliphatic rings. The number of rotatable bonds is 4. The van der Waals surface area contributed by atoms with E-state index < -0.39 is 0 Å². The predicted molar refractivity (Wildman–Crippen MR) is 95.5 cm³/mol. The van der Waals surface area contributed by atoms with Crippen molar-refractivity contribution in [1.29, 1.82) is 10.7 Å². The molecule has 3 rings (SSSR count). The SMILES string of the molecule is N#Cc1ccc(Nc2ccc(N)c(C(=N)c3ccncc3)c2)cc1. The van der Waals surface area contributed by atoms with Gasteiger partial charge in [-0.15, -0.1) is 0 Å². The lowest BCUT2D eigenvalue weighted by Crippen LogP contribution is -2.06. The molecule has 0 bridgehead atoms. The molecular formula is C19H15N5. The average molecular weight is 313 g/mol. The highest BCUT2D eigenvalue weighted by atomic mass is 14.9. The Balaban J connectivity index is 1.88. The molecule has 0 unspecified atom stereocenters. The van der Waals surface area contributed by atoms with E-state index in [1.165, 1.54) is 0 Å². The van der Waals surface area contributed by atoms with Crippen molar-refractivity contribution in [2.45, 2.75) is 0 Å². The Kier molecular flexibility index (Phi) is 4.21. The number of pyridine rings is 1. The zero-order valence-electron chi connectivity index (χ0n) is 12.8. The van der Waals surface area contributed by atoms with Gasteiger partial charge in [0, 0.05) is 40.6 Å². The smallest absolute Gasteiger partial charge is 0.0991 e. The first kappa shape index (κ1) is 15.3. The topological polar surface area (TPSA) is 98.6 Å². The Morgan fingerprint density at radius 3 is 2.33 bits per heavy atom. The Bertz CT molecular complexity index is 909. The predicted octanol–water partition coefficient (Wildman–Crippen LogP) is 3.70. The van der Waals surface area contributed by atoms with Crippen LogP contribution in [0, 0.1) is 16.7 Å². The van der Waals surface area contributed by atoms with Gasteiger partial charge in [0.25, 0.3) is 0 Å². The lowest BCUT2D eigenvalue weighted by atomic mass is 10.0. The molecule has 0 fully saturated rings. The van der Waals surface area contributed by atoms with Crippen LogP contribution < -0.4 is 11.1 Å². The molecule has 1 heterocycles. The van der Waals surface area contributed by atoms with Crippen LogP contribution in [-0.2, 0) is 0 Å². The van der Waals surface area contributed by atoms with Crippen LogP contribution in [0.4, 0.5) is 17.1 Å². The Labute approximate surface area is 139 Å². The highest BCUT2D eigenvalue weighted by Crippen LogP contribution is 2.24. The molecule has 1 aromatic heterocycles. The van der Waals surface area contributed by atoms with E-state index in [0.29, 0.717) is 22.5 Å². The number of hydrogen-bond acceptors (Lipinski definition) is 5. The van der Waals surface area contributed by atoms with E-state index in [0.717, 1.165) is 16.9 Å². The largest absolute Gasteiger partial charge is 0.398 e. The lowest BCUT2D eigenvalue weighted by molar-refractivity contribution is 1.31. The lowest BCUT2D eigenvalue weighted by Gasteiger charge is -2.12. The maximum Gasteiger partial charge on any atom is 0.0991 e. The fraction of sp³-hybridized carbons (Fsp3) is 0. The van der Waals surface area contributed by atoms with E-state index in [-0.39, 0.29) is 0 Å². The van der Waals surface area contributed by atoms with Crippen molar-refractivity contribution in [3.05, 3.63) is 83.7 Å².